The van der Waals surface area contributed by atoms with E-state index in [0.29, 0.717) is 0 Å². The molecule has 0 saturated carbocycles. The molecule has 13 heavy (non-hydrogen) atoms. The Bertz CT molecular complexity index is 131. The molecule has 1 nitrogen and oxygen atoms in total. The van der Waals surface area contributed by atoms with Crippen LogP contribution in [0.25, 0.3) is 0 Å². The largest absolute Gasteiger partial charge is 0.199 e. The Kier molecular flexibility index (Phi) is 12.3. The quantitative estimate of drug-likeness (QED) is 0.242. The maximum atomic E-state index is 8.32. The maximum Gasteiger partial charge on any atom is 0.0954 e. The van der Waals surface area contributed by atoms with Crippen LogP contribution in [0.1, 0.15) is 0 Å². The molecule has 0 N–H and O–H groups in total. The Morgan fingerprint density at radius 3 is 2.00 bits per heavy atom. The minimum atomic E-state index is 0.746. The van der Waals surface area contributed by atoms with Gasteiger partial charge in [-0.05, 0) is 0 Å². The summed E-state index contributed by atoms with van der Waals surface area (Å²) in [4.78, 5) is 0. The van der Waals surface area contributed by atoms with Gasteiger partial charge in [0.25, 0.3) is 0 Å². The average Bonchev–Trinajstić information content (AvgIpc) is 2.16. The van der Waals surface area contributed by atoms with E-state index in [2.05, 4.69) is 13.8 Å². The van der Waals surface area contributed by atoms with Crippen LogP contribution in [0, 0.1) is 11.3 Å². The highest BCUT2D eigenvalue weighted by atomic mass is 14.2. The van der Waals surface area contributed by atoms with Gasteiger partial charge in [-0.3, -0.25) is 0 Å². The Morgan fingerprint density at radius 1 is 0.923 bits per heavy atom. The first kappa shape index (κ1) is 13.1. The van der Waals surface area contributed by atoms with E-state index in [-0.39, 0.29) is 0 Å². The fourth-order valence-electron chi connectivity index (χ4n) is 1.51. The molecular weight excluding hydrogens is 146 g/mol. The highest BCUT2D eigenvalue weighted by Gasteiger charge is 1.99. The third kappa shape index (κ3) is 12.1. The molecule has 0 heterocycles. The zero-order chi connectivity index (χ0) is 9.78. The molecule has 0 aromatic heterocycles. The molecule has 0 saturated heterocycles. The molecule has 0 bridgehead atoms. The predicted octanol–water partition coefficient (Wildman–Crippen LogP) is -6.28. The van der Waals surface area contributed by atoms with Crippen molar-refractivity contribution >= 4 is 71.4 Å². The second-order valence-electron chi connectivity index (χ2n) is 3.74. The molecule has 0 atom stereocenters. The van der Waals surface area contributed by atoms with E-state index in [1.165, 1.54) is 56.5 Å². The van der Waals surface area contributed by atoms with Gasteiger partial charge in [0.1, 0.15) is 0 Å². The highest BCUT2D eigenvalue weighted by molar-refractivity contribution is 7.68. The molecule has 0 aliphatic rings. The van der Waals surface area contributed by atoms with Crippen LogP contribution in [0.3, 0.4) is 0 Å². The van der Waals surface area contributed by atoms with Crippen molar-refractivity contribution < 1.29 is 0 Å². The Balaban J connectivity index is 2.80. The van der Waals surface area contributed by atoms with Crippen LogP contribution in [0.5, 0.6) is 0 Å². The summed E-state index contributed by atoms with van der Waals surface area (Å²) in [5.74, 6) is 0. The second kappa shape index (κ2) is 12.1. The Morgan fingerprint density at radius 2 is 1.46 bits per heavy atom. The van der Waals surface area contributed by atoms with E-state index in [1.54, 1.807) is 0 Å². The second-order valence-corrected chi connectivity index (χ2v) is 3.74. The van der Waals surface area contributed by atoms with Gasteiger partial charge < -0.3 is 0 Å². The van der Waals surface area contributed by atoms with Gasteiger partial charge in [0.2, 0.25) is 0 Å². The summed E-state index contributed by atoms with van der Waals surface area (Å²) in [7, 11) is 14.3. The predicted molar refractivity (Wildman–Crippen MR) is 83.3 cm³/mol. The zero-order valence-electron chi connectivity index (χ0n) is 9.02. The Labute approximate surface area is 89.4 Å². The van der Waals surface area contributed by atoms with Crippen molar-refractivity contribution in [1.82, 2.24) is 0 Å². The molecule has 0 aliphatic heterocycles. The molecule has 11 heteroatoms. The van der Waals surface area contributed by atoms with E-state index in [0.717, 1.165) is 13.5 Å². The first-order valence-corrected chi connectivity index (χ1v) is 5.78. The third-order valence-corrected chi connectivity index (χ3v) is 2.39. The van der Waals surface area contributed by atoms with Gasteiger partial charge in [0.15, 0.2) is 0 Å². The van der Waals surface area contributed by atoms with Crippen LogP contribution in [0.15, 0.2) is 0 Å². The third-order valence-electron chi connectivity index (χ3n) is 2.39. The Hall–Kier alpha value is 0.139. The number of nitriles is 1. The molecule has 0 amide bonds. The summed E-state index contributed by atoms with van der Waals surface area (Å²) in [6.07, 6.45) is 0.746. The van der Waals surface area contributed by atoms with Crippen LogP contribution in [-0.2, 0) is 0 Å². The van der Waals surface area contributed by atoms with Gasteiger partial charge in [-0.2, -0.15) is 5.26 Å². The fraction of sp³-hybridized carbons (Fsp3) is 0.500. The van der Waals surface area contributed by atoms with Gasteiger partial charge in [-0.1, -0.05) is 0 Å². The standard InChI is InChI=1S/C2H13B10N/c3-5-7-9-11-12-10-8-6-4-1-2-13/h4-12H,1,3H2. The summed E-state index contributed by atoms with van der Waals surface area (Å²) in [6, 6.07) is 2.19. The van der Waals surface area contributed by atoms with Crippen molar-refractivity contribution in [2.45, 2.75) is 6.32 Å². The van der Waals surface area contributed by atoms with Crippen LogP contribution in [-0.4, -0.2) is 71.4 Å². The van der Waals surface area contributed by atoms with E-state index in [9.17, 15) is 0 Å². The number of hydrogen-bond acceptors (Lipinski definition) is 1. The minimum absolute atomic E-state index is 0.746. The fourth-order valence-corrected chi connectivity index (χ4v) is 1.51. The first-order valence-electron chi connectivity index (χ1n) is 5.78. The van der Waals surface area contributed by atoms with Crippen LogP contribution in [0.4, 0.5) is 0 Å². The molecule has 0 aromatic rings. The minimum Gasteiger partial charge on any atom is -0.199 e. The van der Waals surface area contributed by atoms with Crippen molar-refractivity contribution in [2.24, 2.45) is 0 Å². The molecule has 56 valence electrons. The number of nitrogens with zero attached hydrogens (tertiary/aromatic N) is 1. The topological polar surface area (TPSA) is 23.8 Å². The normalized spacial score (nSPS) is 7.00. The summed E-state index contributed by atoms with van der Waals surface area (Å²) in [6.45, 7) is 0. The molecule has 0 aliphatic carbocycles. The van der Waals surface area contributed by atoms with Crippen LogP contribution < -0.4 is 0 Å². The first-order chi connectivity index (χ1) is 6.41. The smallest absolute Gasteiger partial charge is 0.0954 e. The van der Waals surface area contributed by atoms with Gasteiger partial charge in [-0.15, -0.1) is 0 Å². The van der Waals surface area contributed by atoms with E-state index < -0.39 is 0 Å². The van der Waals surface area contributed by atoms with E-state index in [4.69, 9.17) is 5.26 Å². The molecule has 0 rings (SSSR count). The van der Waals surface area contributed by atoms with E-state index >= 15 is 0 Å². The van der Waals surface area contributed by atoms with Crippen molar-refractivity contribution in [3.63, 3.8) is 0 Å². The van der Waals surface area contributed by atoms with Crippen molar-refractivity contribution in [2.75, 3.05) is 0 Å². The van der Waals surface area contributed by atoms with Crippen molar-refractivity contribution in [3.8, 4) is 6.07 Å². The SMILES string of the molecule is BBBBBBBBBBCC#N. The van der Waals surface area contributed by atoms with Crippen LogP contribution >= 0.6 is 0 Å². The summed E-state index contributed by atoms with van der Waals surface area (Å²) < 4.78 is 0. The molecule has 0 aromatic carbocycles. The number of rotatable bonds is 9. The highest BCUT2D eigenvalue weighted by Crippen LogP contribution is 1.68. The average molecular weight is 159 g/mol. The molecule has 0 fully saturated rings. The van der Waals surface area contributed by atoms with Gasteiger partial charge in [0, 0.05) is 62.8 Å². The molecule has 0 unspecified atom stereocenters. The van der Waals surface area contributed by atoms with Crippen LogP contribution in [0.2, 0.25) is 6.32 Å². The monoisotopic (exact) mass is 161 g/mol. The van der Waals surface area contributed by atoms with Gasteiger partial charge in [0.05, 0.1) is 21.0 Å². The zero-order valence-corrected chi connectivity index (χ0v) is 9.02. The summed E-state index contributed by atoms with van der Waals surface area (Å²) in [5, 5.41) is 8.32. The summed E-state index contributed by atoms with van der Waals surface area (Å²) >= 11 is 0. The van der Waals surface area contributed by atoms with Crippen molar-refractivity contribution in [3.05, 3.63) is 0 Å². The van der Waals surface area contributed by atoms with Gasteiger partial charge in [-0.25, -0.2) is 0 Å². The lowest BCUT2D eigenvalue weighted by molar-refractivity contribution is 1.48. The lowest BCUT2D eigenvalue weighted by Gasteiger charge is -1.90. The molecular formula is C2H13B10N. The van der Waals surface area contributed by atoms with Gasteiger partial charge >= 0.3 is 0 Å². The van der Waals surface area contributed by atoms with E-state index in [1.807, 2.05) is 0 Å². The lowest BCUT2D eigenvalue weighted by Crippen LogP contribution is -2.31. The number of hydrogen-bond donors (Lipinski definition) is 0. The van der Waals surface area contributed by atoms with Crippen molar-refractivity contribution in [1.29, 1.82) is 5.26 Å². The molecule has 0 spiro atoms. The molecule has 0 radical (unpaired) electrons. The lowest BCUT2D eigenvalue weighted by atomic mass is 8.89. The summed E-state index contributed by atoms with van der Waals surface area (Å²) in [5.41, 5.74) is 0. The maximum absolute atomic E-state index is 8.32.